The Labute approximate surface area is 267 Å². The monoisotopic (exact) mass is 669 g/mol. The predicted molar refractivity (Wildman–Crippen MR) is 179 cm³/mol. The number of aromatic nitrogens is 1. The Morgan fingerprint density at radius 2 is 0.978 bits per heavy atom. The van der Waals surface area contributed by atoms with Crippen LogP contribution in [0.1, 0.15) is 41.4 Å². The Kier molecular flexibility index (Phi) is 5.29. The Morgan fingerprint density at radius 3 is 1.53 bits per heavy atom. The number of nitrogens with zero attached hydrogens (tertiary/aromatic N) is 2. The molecule has 214 valence electrons. The van der Waals surface area contributed by atoms with Gasteiger partial charge < -0.3 is 4.98 Å². The van der Waals surface area contributed by atoms with E-state index in [0.29, 0.717) is 54.8 Å². The van der Waals surface area contributed by atoms with E-state index >= 15 is 0 Å². The standard InChI is InChI=1S/C36H17BrClN3O4/c37-27-11-9-23-31-19(27)3-1-5-21(31)33(42)40(35(23)44)17-7-13-29-25(15-17)26-16-18(8-14-30(26)39-29)41-34(43)22-6-2-4-20-28(38)12-10-24(32(20)22)36(41)45/h1-16,39H. The van der Waals surface area contributed by atoms with Gasteiger partial charge in [-0.25, -0.2) is 9.80 Å². The summed E-state index contributed by atoms with van der Waals surface area (Å²) >= 11 is 9.92. The molecule has 0 bridgehead atoms. The number of carbonyl (C=O) groups excluding carboxylic acids is 4. The summed E-state index contributed by atoms with van der Waals surface area (Å²) in [4.78, 5) is 60.9. The lowest BCUT2D eigenvalue weighted by Gasteiger charge is -2.28. The van der Waals surface area contributed by atoms with Crippen LogP contribution < -0.4 is 9.80 Å². The van der Waals surface area contributed by atoms with Crippen molar-refractivity contribution in [2.24, 2.45) is 0 Å². The Morgan fingerprint density at radius 1 is 0.511 bits per heavy atom. The number of rotatable bonds is 2. The fraction of sp³-hybridized carbons (Fsp3) is 0. The number of nitrogens with one attached hydrogen (secondary N) is 1. The summed E-state index contributed by atoms with van der Waals surface area (Å²) in [5.41, 5.74) is 4.05. The van der Waals surface area contributed by atoms with Crippen molar-refractivity contribution in [1.82, 2.24) is 4.98 Å². The molecule has 7 nitrogen and oxygen atoms in total. The van der Waals surface area contributed by atoms with E-state index in [9.17, 15) is 19.2 Å². The third-order valence-corrected chi connectivity index (χ3v) is 9.81. The molecule has 1 aromatic heterocycles. The van der Waals surface area contributed by atoms with E-state index in [0.717, 1.165) is 31.7 Å². The first-order chi connectivity index (χ1) is 21.8. The molecule has 0 saturated heterocycles. The number of fused-ring (bicyclic) bond motifs is 3. The number of anilines is 2. The van der Waals surface area contributed by atoms with Crippen molar-refractivity contribution in [1.29, 1.82) is 0 Å². The van der Waals surface area contributed by atoms with E-state index < -0.39 is 23.6 Å². The highest BCUT2D eigenvalue weighted by Crippen LogP contribution is 2.40. The highest BCUT2D eigenvalue weighted by atomic mass is 79.9. The van der Waals surface area contributed by atoms with Gasteiger partial charge in [0.1, 0.15) is 0 Å². The topological polar surface area (TPSA) is 90.6 Å². The van der Waals surface area contributed by atoms with Gasteiger partial charge in [0.05, 0.1) is 11.4 Å². The summed E-state index contributed by atoms with van der Waals surface area (Å²) in [6.07, 6.45) is 0. The van der Waals surface area contributed by atoms with Crippen LogP contribution in [0.3, 0.4) is 0 Å². The molecule has 0 unspecified atom stereocenters. The fourth-order valence-corrected chi connectivity index (χ4v) is 7.42. The second-order valence-electron chi connectivity index (χ2n) is 11.1. The number of amides is 4. The van der Waals surface area contributed by atoms with Crippen LogP contribution in [0.2, 0.25) is 5.02 Å². The van der Waals surface area contributed by atoms with Gasteiger partial charge in [0.15, 0.2) is 0 Å². The van der Waals surface area contributed by atoms with Crippen LogP contribution in [-0.4, -0.2) is 28.6 Å². The second kappa shape index (κ2) is 9.11. The number of imide groups is 2. The van der Waals surface area contributed by atoms with Crippen molar-refractivity contribution in [2.45, 2.75) is 0 Å². The zero-order chi connectivity index (χ0) is 30.7. The molecule has 0 spiro atoms. The van der Waals surface area contributed by atoms with E-state index in [1.54, 1.807) is 72.8 Å². The molecule has 45 heavy (non-hydrogen) atoms. The third kappa shape index (κ3) is 3.46. The molecule has 1 N–H and O–H groups in total. The van der Waals surface area contributed by atoms with E-state index in [1.807, 2.05) is 24.3 Å². The fourth-order valence-electron chi connectivity index (χ4n) is 6.74. The maximum absolute atomic E-state index is 13.8. The number of halogens is 2. The average Bonchev–Trinajstić information content (AvgIpc) is 3.41. The minimum Gasteiger partial charge on any atom is -0.355 e. The van der Waals surface area contributed by atoms with Crippen molar-refractivity contribution < 1.29 is 19.2 Å². The van der Waals surface area contributed by atoms with Gasteiger partial charge in [-0.1, -0.05) is 51.8 Å². The number of carbonyl (C=O) groups is 4. The first-order valence-corrected chi connectivity index (χ1v) is 15.2. The van der Waals surface area contributed by atoms with Crippen LogP contribution >= 0.6 is 27.5 Å². The lowest BCUT2D eigenvalue weighted by Crippen LogP contribution is -2.40. The zero-order valence-electron chi connectivity index (χ0n) is 23.0. The van der Waals surface area contributed by atoms with Crippen LogP contribution in [0.15, 0.2) is 102 Å². The number of benzene rings is 6. The molecule has 0 atom stereocenters. The van der Waals surface area contributed by atoms with Crippen molar-refractivity contribution in [2.75, 3.05) is 9.80 Å². The van der Waals surface area contributed by atoms with E-state index in [2.05, 4.69) is 20.9 Å². The summed E-state index contributed by atoms with van der Waals surface area (Å²) in [6, 6.07) is 28.2. The Hall–Kier alpha value is -5.31. The molecule has 9 heteroatoms. The molecular weight excluding hydrogens is 654 g/mol. The van der Waals surface area contributed by atoms with Gasteiger partial charge in [-0.15, -0.1) is 0 Å². The quantitative estimate of drug-likeness (QED) is 0.187. The molecule has 2 aliphatic rings. The largest absolute Gasteiger partial charge is 0.355 e. The smallest absolute Gasteiger partial charge is 0.265 e. The first-order valence-electron chi connectivity index (χ1n) is 14.1. The van der Waals surface area contributed by atoms with Crippen LogP contribution in [-0.2, 0) is 0 Å². The van der Waals surface area contributed by atoms with Crippen LogP contribution in [0.5, 0.6) is 0 Å². The zero-order valence-corrected chi connectivity index (χ0v) is 25.4. The van der Waals surface area contributed by atoms with Gasteiger partial charge in [-0.3, -0.25) is 19.2 Å². The molecular formula is C36H17BrClN3O4. The van der Waals surface area contributed by atoms with E-state index in [1.165, 1.54) is 9.80 Å². The van der Waals surface area contributed by atoms with Crippen molar-refractivity contribution in [3.63, 3.8) is 0 Å². The SMILES string of the molecule is O=C1c2cccc3c(Cl)ccc(c23)C(=O)N1c1ccc2[nH]c3ccc(N4C(=O)c5cccc6c(Br)ccc(c56)C4=O)cc3c2c1. The molecule has 7 aromatic rings. The number of aromatic amines is 1. The highest BCUT2D eigenvalue weighted by molar-refractivity contribution is 9.10. The van der Waals surface area contributed by atoms with E-state index in [-0.39, 0.29) is 0 Å². The van der Waals surface area contributed by atoms with E-state index in [4.69, 9.17) is 11.6 Å². The summed E-state index contributed by atoms with van der Waals surface area (Å²) in [7, 11) is 0. The minimum absolute atomic E-state index is 0.398. The Balaban J connectivity index is 1.18. The molecule has 0 fully saturated rings. The molecule has 0 radical (unpaired) electrons. The predicted octanol–water partition coefficient (Wildman–Crippen LogP) is 8.64. The summed E-state index contributed by atoms with van der Waals surface area (Å²) < 4.78 is 0.808. The third-order valence-electron chi connectivity index (χ3n) is 8.79. The maximum Gasteiger partial charge on any atom is 0.265 e. The normalized spacial score (nSPS) is 14.5. The van der Waals surface area contributed by atoms with Crippen LogP contribution in [0.4, 0.5) is 11.4 Å². The number of hydrogen-bond donors (Lipinski definition) is 1. The molecule has 4 amide bonds. The lowest BCUT2D eigenvalue weighted by molar-refractivity contribution is 0.0877. The van der Waals surface area contributed by atoms with Gasteiger partial charge in [0.25, 0.3) is 23.6 Å². The van der Waals surface area contributed by atoms with Crippen molar-refractivity contribution in [3.8, 4) is 0 Å². The Bertz CT molecular complexity index is 2350. The van der Waals surface area contributed by atoms with Crippen molar-refractivity contribution in [3.05, 3.63) is 129 Å². The summed E-state index contributed by atoms with van der Waals surface area (Å²) in [5.74, 6) is -1.70. The van der Waals surface area contributed by atoms with Gasteiger partial charge in [-0.05, 0) is 78.2 Å². The number of hydrogen-bond acceptors (Lipinski definition) is 4. The molecule has 0 saturated carbocycles. The van der Waals surface area contributed by atoms with Crippen molar-refractivity contribution >= 4 is 106 Å². The van der Waals surface area contributed by atoms with Gasteiger partial charge in [-0.2, -0.15) is 0 Å². The lowest BCUT2D eigenvalue weighted by atomic mass is 9.93. The summed E-state index contributed by atoms with van der Waals surface area (Å²) in [5, 5.41) is 4.57. The van der Waals surface area contributed by atoms with Gasteiger partial charge in [0, 0.05) is 69.7 Å². The van der Waals surface area contributed by atoms with Crippen LogP contribution in [0, 0.1) is 0 Å². The van der Waals surface area contributed by atoms with Crippen LogP contribution in [0.25, 0.3) is 43.4 Å². The molecule has 9 rings (SSSR count). The molecule has 0 aliphatic carbocycles. The molecule has 2 aliphatic heterocycles. The first kappa shape index (κ1) is 26.1. The van der Waals surface area contributed by atoms with Gasteiger partial charge >= 0.3 is 0 Å². The van der Waals surface area contributed by atoms with Gasteiger partial charge in [0.2, 0.25) is 0 Å². The average molecular weight is 671 g/mol. The minimum atomic E-state index is -0.441. The molecule has 6 aromatic carbocycles. The molecule has 3 heterocycles. The maximum atomic E-state index is 13.8. The highest BCUT2D eigenvalue weighted by Gasteiger charge is 2.36. The number of H-pyrrole nitrogens is 1. The summed E-state index contributed by atoms with van der Waals surface area (Å²) in [6.45, 7) is 0. The second-order valence-corrected chi connectivity index (χ2v) is 12.4.